The van der Waals surface area contributed by atoms with E-state index >= 15 is 0 Å². The molecule has 0 saturated carbocycles. The number of nitrogens with two attached hydrogens (primary N) is 1. The Morgan fingerprint density at radius 3 is 1.25 bits per heavy atom. The van der Waals surface area contributed by atoms with Crippen LogP contribution in [0.2, 0.25) is 0 Å². The van der Waals surface area contributed by atoms with Gasteiger partial charge in [-0.3, -0.25) is 33.6 Å². The summed E-state index contributed by atoms with van der Waals surface area (Å²) in [7, 11) is 0. The van der Waals surface area contributed by atoms with Crippen molar-refractivity contribution in [2.45, 2.75) is 161 Å². The maximum Gasteiger partial charge on any atom is 0.303 e. The average molecular weight is 792 g/mol. The van der Waals surface area contributed by atoms with Gasteiger partial charge >= 0.3 is 41.8 Å². The number of hydrogen-bond acceptors (Lipinski definition) is 19. The van der Waals surface area contributed by atoms with Crippen molar-refractivity contribution in [1.82, 2.24) is 0 Å². The highest BCUT2D eigenvalue weighted by molar-refractivity contribution is 5.69. The summed E-state index contributed by atoms with van der Waals surface area (Å²) in [6.07, 6.45) is -7.35. The normalized spacial score (nSPS) is 27.6. The zero-order valence-corrected chi connectivity index (χ0v) is 32.7. The molecule has 0 aromatic heterocycles. The second kappa shape index (κ2) is 24.6. The minimum atomic E-state index is -1.77. The van der Waals surface area contributed by atoms with Crippen LogP contribution in [0.25, 0.3) is 0 Å². The van der Waals surface area contributed by atoms with Gasteiger partial charge in [0.2, 0.25) is 0 Å². The van der Waals surface area contributed by atoms with Crippen LogP contribution >= 0.6 is 0 Å². The summed E-state index contributed by atoms with van der Waals surface area (Å²) in [4.78, 5) is 85.8. The smallest absolute Gasteiger partial charge is 0.303 e. The molecule has 2 saturated heterocycles. The first-order valence-corrected chi connectivity index (χ1v) is 18.4. The fourth-order valence-corrected chi connectivity index (χ4v) is 6.11. The summed E-state index contributed by atoms with van der Waals surface area (Å²) in [6, 6.07) is 0. The minimum absolute atomic E-state index is 0.161. The maximum absolute atomic E-state index is 12.6. The minimum Gasteiger partial charge on any atom is -0.463 e. The van der Waals surface area contributed by atoms with Crippen molar-refractivity contribution in [2.75, 3.05) is 26.4 Å². The van der Waals surface area contributed by atoms with E-state index in [0.717, 1.165) is 93.4 Å². The first-order valence-electron chi connectivity index (χ1n) is 18.4. The molecule has 2 fully saturated rings. The molecule has 0 aromatic rings. The van der Waals surface area contributed by atoms with E-state index in [0.29, 0.717) is 13.0 Å². The largest absolute Gasteiger partial charge is 0.463 e. The third-order valence-corrected chi connectivity index (χ3v) is 8.27. The van der Waals surface area contributed by atoms with Gasteiger partial charge in [0.15, 0.2) is 43.1 Å². The van der Waals surface area contributed by atoms with Gasteiger partial charge in [-0.2, -0.15) is 0 Å². The van der Waals surface area contributed by atoms with E-state index in [1.807, 2.05) is 0 Å². The molecular formula is C36H57NO18. The summed E-state index contributed by atoms with van der Waals surface area (Å²) >= 11 is 0. The molecule has 0 bridgehead atoms. The Morgan fingerprint density at radius 1 is 0.436 bits per heavy atom. The fraction of sp³-hybridized carbons (Fsp3) is 0.806. The van der Waals surface area contributed by atoms with E-state index in [9.17, 15) is 33.6 Å². The van der Waals surface area contributed by atoms with Gasteiger partial charge in [0.05, 0.1) is 0 Å². The van der Waals surface area contributed by atoms with Crippen molar-refractivity contribution < 1.29 is 85.7 Å². The molecule has 2 aliphatic rings. The topological polar surface area (TPSA) is 247 Å². The number of carbonyl (C=O) groups excluding carboxylic acids is 7. The SMILES string of the molecule is CC(=O)OC[C@H]1O[C@H](O[C@@H]2[C@H](OC(C)=O)[C@@H](OC(C)=O)[C@H](OCCCCCCCCCCN)O[C@@H]2COC(C)=O)[C@H](OC(C)=O)[C@@H](OC(C)=O)[C@H]1OC(C)=O. The molecule has 2 N–H and O–H groups in total. The number of unbranched alkanes of at least 4 members (excludes halogenated alkanes) is 7. The first-order chi connectivity index (χ1) is 26.0. The average Bonchev–Trinajstić information content (AvgIpc) is 3.07. The standard InChI is InChI=1S/C36H57NO18/c1-20(38)46-18-27-29(48-22(3)40)31(49-23(4)41)34(52-26(7)44)36(54-27)55-30-28(19-47-21(2)39)53-35(33(51-25(6)43)32(30)50-24(5)42)45-17-15-13-11-9-8-10-12-14-16-37/h27-36H,8-19,37H2,1-7H3/t27-,28-,29+,30+,31+,32+,33-,34-,35-,36-/m1/s1. The number of carbonyl (C=O) groups is 7. The van der Waals surface area contributed by atoms with E-state index in [4.69, 9.17) is 57.8 Å². The number of hydrogen-bond donors (Lipinski definition) is 1. The van der Waals surface area contributed by atoms with Gasteiger partial charge in [0, 0.05) is 55.1 Å². The Morgan fingerprint density at radius 2 is 0.800 bits per heavy atom. The highest BCUT2D eigenvalue weighted by atomic mass is 16.8. The summed E-state index contributed by atoms with van der Waals surface area (Å²) in [5.41, 5.74) is 5.56. The Balaban J connectivity index is 2.52. The lowest BCUT2D eigenvalue weighted by molar-refractivity contribution is -0.361. The number of ether oxygens (including phenoxy) is 11. The van der Waals surface area contributed by atoms with Crippen LogP contribution < -0.4 is 5.73 Å². The summed E-state index contributed by atoms with van der Waals surface area (Å²) in [5.74, 6) is -5.69. The van der Waals surface area contributed by atoms with Gasteiger partial charge < -0.3 is 57.8 Å². The van der Waals surface area contributed by atoms with Gasteiger partial charge in [-0.1, -0.05) is 38.5 Å². The van der Waals surface area contributed by atoms with E-state index in [1.54, 1.807) is 0 Å². The lowest BCUT2D eigenvalue weighted by Gasteiger charge is -2.48. The van der Waals surface area contributed by atoms with Crippen molar-refractivity contribution in [2.24, 2.45) is 5.73 Å². The van der Waals surface area contributed by atoms with Crippen LogP contribution in [-0.4, -0.2) is 130 Å². The third kappa shape index (κ3) is 17.2. The van der Waals surface area contributed by atoms with Crippen molar-refractivity contribution in [1.29, 1.82) is 0 Å². The molecule has 2 aliphatic heterocycles. The van der Waals surface area contributed by atoms with Gasteiger partial charge in [-0.05, 0) is 19.4 Å². The quantitative estimate of drug-likeness (QED) is 0.0931. The zero-order chi connectivity index (χ0) is 41.1. The predicted molar refractivity (Wildman–Crippen MR) is 185 cm³/mol. The van der Waals surface area contributed by atoms with Crippen molar-refractivity contribution in [3.8, 4) is 0 Å². The fourth-order valence-electron chi connectivity index (χ4n) is 6.11. The summed E-state index contributed by atoms with van der Waals surface area (Å²) in [6.45, 7) is 7.44. The van der Waals surface area contributed by atoms with E-state index < -0.39 is 116 Å². The summed E-state index contributed by atoms with van der Waals surface area (Å²) in [5, 5.41) is 0. The van der Waals surface area contributed by atoms with Gasteiger partial charge in [-0.15, -0.1) is 0 Å². The van der Waals surface area contributed by atoms with Crippen LogP contribution in [0.1, 0.15) is 99.8 Å². The molecule has 19 nitrogen and oxygen atoms in total. The molecule has 0 radical (unpaired) electrons. The Labute approximate surface area is 320 Å². The van der Waals surface area contributed by atoms with Crippen LogP contribution in [0.4, 0.5) is 0 Å². The molecule has 0 amide bonds. The molecule has 0 spiro atoms. The monoisotopic (exact) mass is 791 g/mol. The second-order valence-electron chi connectivity index (χ2n) is 13.1. The molecule has 0 aromatic carbocycles. The number of esters is 7. The van der Waals surface area contributed by atoms with Crippen molar-refractivity contribution in [3.05, 3.63) is 0 Å². The Kier molecular flexibility index (Phi) is 21.1. The zero-order valence-electron chi connectivity index (χ0n) is 32.7. The molecule has 0 unspecified atom stereocenters. The molecule has 2 heterocycles. The summed E-state index contributed by atoms with van der Waals surface area (Å²) < 4.78 is 62.8. The number of rotatable bonds is 22. The van der Waals surface area contributed by atoms with Crippen LogP contribution in [0.5, 0.6) is 0 Å². The van der Waals surface area contributed by atoms with Crippen LogP contribution in [0.15, 0.2) is 0 Å². The molecule has 10 atom stereocenters. The third-order valence-electron chi connectivity index (χ3n) is 8.27. The highest BCUT2D eigenvalue weighted by Gasteiger charge is 2.57. The Hall–Kier alpha value is -3.91. The van der Waals surface area contributed by atoms with E-state index in [-0.39, 0.29) is 6.61 Å². The van der Waals surface area contributed by atoms with Crippen LogP contribution in [-0.2, 0) is 85.7 Å². The van der Waals surface area contributed by atoms with Crippen molar-refractivity contribution >= 4 is 41.8 Å². The van der Waals surface area contributed by atoms with Gasteiger partial charge in [0.25, 0.3) is 0 Å². The molecule has 19 heteroatoms. The predicted octanol–water partition coefficient (Wildman–Crippen LogP) is 1.70. The molecule has 0 aliphatic carbocycles. The van der Waals surface area contributed by atoms with Gasteiger partial charge in [0.1, 0.15) is 31.5 Å². The van der Waals surface area contributed by atoms with E-state index in [1.165, 1.54) is 0 Å². The highest BCUT2D eigenvalue weighted by Crippen LogP contribution is 2.35. The van der Waals surface area contributed by atoms with Crippen LogP contribution in [0.3, 0.4) is 0 Å². The first kappa shape index (κ1) is 47.2. The lowest BCUT2D eigenvalue weighted by atomic mass is 9.96. The molecule has 2 rings (SSSR count). The van der Waals surface area contributed by atoms with Crippen LogP contribution in [0, 0.1) is 0 Å². The van der Waals surface area contributed by atoms with E-state index in [2.05, 4.69) is 0 Å². The lowest BCUT2D eigenvalue weighted by Crippen LogP contribution is -2.67. The Bertz CT molecular complexity index is 1280. The molecule has 314 valence electrons. The van der Waals surface area contributed by atoms with Gasteiger partial charge in [-0.25, -0.2) is 0 Å². The van der Waals surface area contributed by atoms with Crippen molar-refractivity contribution in [3.63, 3.8) is 0 Å². The second-order valence-corrected chi connectivity index (χ2v) is 13.1. The maximum atomic E-state index is 12.6. The molecular weight excluding hydrogens is 734 g/mol. The molecule has 55 heavy (non-hydrogen) atoms.